The highest BCUT2D eigenvalue weighted by Crippen LogP contribution is 2.39. The van der Waals surface area contributed by atoms with Gasteiger partial charge in [0.2, 0.25) is 11.5 Å². The molecule has 2 aliphatic heterocycles. The van der Waals surface area contributed by atoms with Gasteiger partial charge >= 0.3 is 0 Å². The molecule has 0 unspecified atom stereocenters. The maximum Gasteiger partial charge on any atom is 0.264 e. The minimum atomic E-state index is -3.14. The van der Waals surface area contributed by atoms with Crippen LogP contribution in [0.3, 0.4) is 0 Å². The number of rotatable bonds is 7. The number of morpholine rings is 1. The van der Waals surface area contributed by atoms with Crippen LogP contribution in [0.25, 0.3) is 11.3 Å². The van der Waals surface area contributed by atoms with Gasteiger partial charge in [0.1, 0.15) is 11.5 Å². The summed E-state index contributed by atoms with van der Waals surface area (Å²) in [5.74, 6) is -2.61. The van der Waals surface area contributed by atoms with Gasteiger partial charge < -0.3 is 29.7 Å². The van der Waals surface area contributed by atoms with Gasteiger partial charge in [-0.05, 0) is 26.0 Å². The van der Waals surface area contributed by atoms with E-state index in [9.17, 15) is 18.4 Å². The van der Waals surface area contributed by atoms with Crippen molar-refractivity contribution in [3.8, 4) is 11.3 Å². The predicted molar refractivity (Wildman–Crippen MR) is 158 cm³/mol. The molecule has 0 aliphatic carbocycles. The third kappa shape index (κ3) is 6.41. The van der Waals surface area contributed by atoms with Crippen LogP contribution in [0, 0.1) is 17.6 Å². The van der Waals surface area contributed by atoms with Crippen molar-refractivity contribution in [2.75, 3.05) is 61.5 Å². The molecule has 2 saturated heterocycles. The van der Waals surface area contributed by atoms with Gasteiger partial charge in [-0.1, -0.05) is 13.8 Å². The Balaban J connectivity index is 1.58. The molecule has 0 bridgehead atoms. The van der Waals surface area contributed by atoms with E-state index < -0.39 is 46.2 Å². The molecule has 2 aliphatic rings. The maximum absolute atomic E-state index is 16.6. The maximum atomic E-state index is 16.6. The SMILES string of the molecule is CC(C)[C@@H]1CN(c2nccc(-c3c(F)cc(N4CCN(C)[C@@H](C)C4)c(NC(=O)c4c[nH]c(=O)cc4C(F)F)c3F)n2)CCO1. The molecule has 1 aromatic carbocycles. The van der Waals surface area contributed by atoms with Gasteiger partial charge in [0.15, 0.2) is 5.82 Å². The fraction of sp³-hybridized carbons (Fsp3) is 0.467. The second-order valence-electron chi connectivity index (χ2n) is 11.5. The first-order valence-electron chi connectivity index (χ1n) is 14.4. The van der Waals surface area contributed by atoms with Crippen molar-refractivity contribution in [2.24, 2.45) is 5.92 Å². The number of pyridine rings is 1. The highest BCUT2D eigenvalue weighted by atomic mass is 19.3. The molecule has 3 aromatic rings. The summed E-state index contributed by atoms with van der Waals surface area (Å²) in [6.07, 6.45) is -0.954. The minimum absolute atomic E-state index is 0.0235. The molecule has 236 valence electrons. The highest BCUT2D eigenvalue weighted by molar-refractivity contribution is 6.07. The Morgan fingerprint density at radius 1 is 1.14 bits per heavy atom. The number of nitrogens with one attached hydrogen (secondary N) is 2. The van der Waals surface area contributed by atoms with Gasteiger partial charge in [0.05, 0.1) is 35.2 Å². The molecule has 10 nitrogen and oxygen atoms in total. The van der Waals surface area contributed by atoms with Gasteiger partial charge in [-0.3, -0.25) is 9.59 Å². The normalized spacial score (nSPS) is 19.6. The highest BCUT2D eigenvalue weighted by Gasteiger charge is 2.31. The molecule has 2 fully saturated rings. The van der Waals surface area contributed by atoms with Crippen LogP contribution in [0.15, 0.2) is 35.4 Å². The van der Waals surface area contributed by atoms with Crippen LogP contribution in [-0.2, 0) is 4.74 Å². The number of hydrogen-bond donors (Lipinski definition) is 2. The first-order valence-corrected chi connectivity index (χ1v) is 14.4. The van der Waals surface area contributed by atoms with Crippen LogP contribution >= 0.6 is 0 Å². The van der Waals surface area contributed by atoms with Crippen molar-refractivity contribution in [2.45, 2.75) is 39.3 Å². The van der Waals surface area contributed by atoms with Gasteiger partial charge in [-0.25, -0.2) is 27.5 Å². The van der Waals surface area contributed by atoms with E-state index in [4.69, 9.17) is 4.74 Å². The summed E-state index contributed by atoms with van der Waals surface area (Å²) in [4.78, 5) is 41.7. The Labute approximate surface area is 252 Å². The lowest BCUT2D eigenvalue weighted by atomic mass is 10.0. The number of ether oxygens (including phenoxy) is 1. The van der Waals surface area contributed by atoms with Crippen LogP contribution in [0.5, 0.6) is 0 Å². The zero-order chi connectivity index (χ0) is 31.7. The number of halogens is 4. The van der Waals surface area contributed by atoms with Crippen LogP contribution in [0.1, 0.15) is 43.1 Å². The van der Waals surface area contributed by atoms with Crippen molar-refractivity contribution >= 4 is 23.2 Å². The van der Waals surface area contributed by atoms with E-state index in [1.807, 2.05) is 32.7 Å². The number of aromatic nitrogens is 3. The second kappa shape index (κ2) is 12.9. The van der Waals surface area contributed by atoms with Gasteiger partial charge in [-0.2, -0.15) is 0 Å². The third-order valence-electron chi connectivity index (χ3n) is 8.19. The summed E-state index contributed by atoms with van der Waals surface area (Å²) in [7, 11) is 1.93. The number of benzene rings is 1. The molecule has 2 N–H and O–H groups in total. The zero-order valence-corrected chi connectivity index (χ0v) is 24.9. The number of H-pyrrole nitrogens is 1. The summed E-state index contributed by atoms with van der Waals surface area (Å²) >= 11 is 0. The van der Waals surface area contributed by atoms with Crippen molar-refractivity contribution in [3.63, 3.8) is 0 Å². The molecule has 2 aromatic heterocycles. The topological polar surface area (TPSA) is 107 Å². The Kier molecular flexibility index (Phi) is 9.20. The summed E-state index contributed by atoms with van der Waals surface area (Å²) < 4.78 is 65.8. The summed E-state index contributed by atoms with van der Waals surface area (Å²) in [6, 6.07) is 3.13. The van der Waals surface area contributed by atoms with Gasteiger partial charge in [-0.15, -0.1) is 0 Å². The monoisotopic (exact) mass is 617 g/mol. The van der Waals surface area contributed by atoms with Crippen molar-refractivity contribution < 1.29 is 27.1 Å². The lowest BCUT2D eigenvalue weighted by Crippen LogP contribution is -2.50. The standard InChI is InChI=1S/C30H35F4N7O3/c1-16(2)23-15-41(9-10-44-23)30-35-6-5-21(37-30)25-20(31)12-22(40-8-7-39(4)17(3)14-40)27(26(25)32)38-29(43)19-13-36-24(42)11-18(19)28(33)34/h5-6,11-13,16-17,23,28H,7-10,14-15H2,1-4H3,(H,36,42)(H,38,43)/t17-,23-/m0/s1. The second-order valence-corrected chi connectivity index (χ2v) is 11.5. The molecule has 44 heavy (non-hydrogen) atoms. The van der Waals surface area contributed by atoms with Crippen LogP contribution in [0.4, 0.5) is 34.9 Å². The van der Waals surface area contributed by atoms with Crippen molar-refractivity contribution in [3.05, 3.63) is 63.7 Å². The number of likely N-dealkylation sites (N-methyl/N-ethyl adjacent to an activating group) is 1. The Morgan fingerprint density at radius 2 is 1.91 bits per heavy atom. The lowest BCUT2D eigenvalue weighted by Gasteiger charge is -2.39. The largest absolute Gasteiger partial charge is 0.374 e. The number of nitrogens with zero attached hydrogens (tertiary/aromatic N) is 5. The zero-order valence-electron chi connectivity index (χ0n) is 24.9. The number of carbonyl (C=O) groups is 1. The van der Waals surface area contributed by atoms with Crippen LogP contribution < -0.4 is 20.7 Å². The number of hydrogen-bond acceptors (Lipinski definition) is 8. The number of amides is 1. The molecule has 5 rings (SSSR count). The number of alkyl halides is 2. The first-order chi connectivity index (χ1) is 20.9. The molecule has 0 spiro atoms. The lowest BCUT2D eigenvalue weighted by molar-refractivity contribution is 0.0109. The smallest absolute Gasteiger partial charge is 0.264 e. The van der Waals surface area contributed by atoms with E-state index in [0.29, 0.717) is 45.4 Å². The van der Waals surface area contributed by atoms with E-state index >= 15 is 8.78 Å². The molecular weight excluding hydrogens is 582 g/mol. The van der Waals surface area contributed by atoms with E-state index in [1.165, 1.54) is 12.3 Å². The Bertz CT molecular complexity index is 1580. The minimum Gasteiger partial charge on any atom is -0.374 e. The molecule has 0 radical (unpaired) electrons. The number of aromatic amines is 1. The van der Waals surface area contributed by atoms with E-state index in [-0.39, 0.29) is 41.1 Å². The fourth-order valence-electron chi connectivity index (χ4n) is 5.42. The average Bonchev–Trinajstić information content (AvgIpc) is 3.00. The predicted octanol–water partition coefficient (Wildman–Crippen LogP) is 4.30. The molecule has 14 heteroatoms. The van der Waals surface area contributed by atoms with Gasteiger partial charge in [0.25, 0.3) is 12.3 Å². The number of anilines is 3. The molecule has 1 amide bonds. The van der Waals surface area contributed by atoms with E-state index in [2.05, 4.69) is 25.2 Å². The summed E-state index contributed by atoms with van der Waals surface area (Å²) in [6.45, 7) is 8.83. The quantitative estimate of drug-likeness (QED) is 0.378. The van der Waals surface area contributed by atoms with Crippen molar-refractivity contribution in [1.82, 2.24) is 19.9 Å². The van der Waals surface area contributed by atoms with Crippen molar-refractivity contribution in [1.29, 1.82) is 0 Å². The summed E-state index contributed by atoms with van der Waals surface area (Å²) in [5.41, 5.74) is -3.06. The average molecular weight is 618 g/mol. The first kappa shape index (κ1) is 31.4. The molecule has 0 saturated carbocycles. The molecule has 2 atom stereocenters. The number of carbonyl (C=O) groups excluding carboxylic acids is 1. The Hall–Kier alpha value is -4.04. The van der Waals surface area contributed by atoms with Gasteiger partial charge in [0, 0.05) is 68.9 Å². The van der Waals surface area contributed by atoms with Crippen LogP contribution in [0.2, 0.25) is 0 Å². The fourth-order valence-corrected chi connectivity index (χ4v) is 5.42. The third-order valence-corrected chi connectivity index (χ3v) is 8.19. The Morgan fingerprint density at radius 3 is 2.61 bits per heavy atom. The van der Waals surface area contributed by atoms with E-state index in [1.54, 1.807) is 4.90 Å². The van der Waals surface area contributed by atoms with Crippen LogP contribution in [-0.4, -0.2) is 84.3 Å². The summed E-state index contributed by atoms with van der Waals surface area (Å²) in [5, 5.41) is 2.41. The molecule has 4 heterocycles. The number of piperazine rings is 1. The molecular formula is C30H35F4N7O3. The van der Waals surface area contributed by atoms with E-state index in [0.717, 1.165) is 12.3 Å².